The van der Waals surface area contributed by atoms with Crippen molar-refractivity contribution in [3.8, 4) is 0 Å². The van der Waals surface area contributed by atoms with E-state index in [0.717, 1.165) is 0 Å². The first kappa shape index (κ1) is 11.6. The molecule has 0 heterocycles. The standard InChI is InChI=1S/C7H16BNO3/c1-7(2,3)5-9-4-6(10)8(11)12/h9,11-12H,4-5H2,1-3H3. The molecule has 0 rings (SSSR count). The zero-order chi connectivity index (χ0) is 9.78. The van der Waals surface area contributed by atoms with Crippen LogP contribution in [0.2, 0.25) is 0 Å². The largest absolute Gasteiger partial charge is 0.528 e. The van der Waals surface area contributed by atoms with Gasteiger partial charge in [0, 0.05) is 6.54 Å². The molecular weight excluding hydrogens is 157 g/mol. The first-order valence-electron chi connectivity index (χ1n) is 3.92. The predicted octanol–water partition coefficient (Wildman–Crippen LogP) is -0.797. The summed E-state index contributed by atoms with van der Waals surface area (Å²) in [6.45, 7) is 6.76. The van der Waals surface area contributed by atoms with Crippen LogP contribution < -0.4 is 5.32 Å². The molecule has 0 aliphatic heterocycles. The highest BCUT2D eigenvalue weighted by Gasteiger charge is 2.19. The normalized spacial score (nSPS) is 11.4. The van der Waals surface area contributed by atoms with Crippen LogP contribution in [0.4, 0.5) is 0 Å². The monoisotopic (exact) mass is 173 g/mol. The van der Waals surface area contributed by atoms with Crippen molar-refractivity contribution in [3.63, 3.8) is 0 Å². The molecule has 0 radical (unpaired) electrons. The maximum absolute atomic E-state index is 10.7. The van der Waals surface area contributed by atoms with Gasteiger partial charge in [-0.1, -0.05) is 20.8 Å². The second-order valence-electron chi connectivity index (χ2n) is 4.00. The van der Waals surface area contributed by atoms with Crippen LogP contribution in [0.1, 0.15) is 20.8 Å². The third-order valence-corrected chi connectivity index (χ3v) is 1.24. The van der Waals surface area contributed by atoms with Crippen molar-refractivity contribution in [2.24, 2.45) is 5.41 Å². The van der Waals surface area contributed by atoms with Crippen molar-refractivity contribution in [2.45, 2.75) is 20.8 Å². The molecule has 0 aliphatic carbocycles. The van der Waals surface area contributed by atoms with E-state index in [9.17, 15) is 4.79 Å². The highest BCUT2D eigenvalue weighted by Crippen LogP contribution is 2.09. The summed E-state index contributed by atoms with van der Waals surface area (Å²) in [5, 5.41) is 19.7. The molecule has 3 N–H and O–H groups in total. The lowest BCUT2D eigenvalue weighted by Gasteiger charge is -2.18. The molecule has 0 spiro atoms. The van der Waals surface area contributed by atoms with Crippen molar-refractivity contribution in [3.05, 3.63) is 0 Å². The van der Waals surface area contributed by atoms with Gasteiger partial charge in [0.2, 0.25) is 0 Å². The van der Waals surface area contributed by atoms with Gasteiger partial charge in [-0.3, -0.25) is 0 Å². The first-order valence-corrected chi connectivity index (χ1v) is 3.92. The minimum absolute atomic E-state index is 0.00887. The van der Waals surface area contributed by atoms with E-state index < -0.39 is 12.8 Å². The molecule has 0 fully saturated rings. The molecule has 0 saturated carbocycles. The molecule has 0 unspecified atom stereocenters. The highest BCUT2D eigenvalue weighted by atomic mass is 16.4. The summed E-state index contributed by atoms with van der Waals surface area (Å²) < 4.78 is 0. The molecule has 0 aromatic rings. The van der Waals surface area contributed by atoms with Crippen LogP contribution >= 0.6 is 0 Å². The van der Waals surface area contributed by atoms with Gasteiger partial charge in [0.05, 0.1) is 6.54 Å². The molecule has 0 amide bonds. The average molecular weight is 173 g/mol. The number of hydrogen-bond acceptors (Lipinski definition) is 4. The van der Waals surface area contributed by atoms with Gasteiger partial charge in [-0.25, -0.2) is 0 Å². The smallest absolute Gasteiger partial charge is 0.421 e. The van der Waals surface area contributed by atoms with Gasteiger partial charge < -0.3 is 20.2 Å². The first-order chi connectivity index (χ1) is 5.33. The molecule has 70 valence electrons. The van der Waals surface area contributed by atoms with Crippen molar-refractivity contribution in [1.29, 1.82) is 0 Å². The van der Waals surface area contributed by atoms with Gasteiger partial charge in [0.15, 0.2) is 5.68 Å². The Bertz CT molecular complexity index is 153. The molecule has 12 heavy (non-hydrogen) atoms. The van der Waals surface area contributed by atoms with Gasteiger partial charge in [-0.15, -0.1) is 0 Å². The summed E-state index contributed by atoms with van der Waals surface area (Å²) in [7, 11) is -1.85. The lowest BCUT2D eigenvalue weighted by molar-refractivity contribution is -0.113. The summed E-state index contributed by atoms with van der Waals surface area (Å²) in [5.74, 6) is 0. The van der Waals surface area contributed by atoms with Crippen molar-refractivity contribution in [2.75, 3.05) is 13.1 Å². The molecule has 0 aromatic heterocycles. The van der Waals surface area contributed by atoms with Gasteiger partial charge in [-0.2, -0.15) is 0 Å². The number of carbonyl (C=O) groups excluding carboxylic acids is 1. The van der Waals surface area contributed by atoms with Crippen molar-refractivity contribution >= 4 is 12.8 Å². The summed E-state index contributed by atoms with van der Waals surface area (Å²) >= 11 is 0. The van der Waals surface area contributed by atoms with E-state index in [1.807, 2.05) is 20.8 Å². The van der Waals surface area contributed by atoms with E-state index in [-0.39, 0.29) is 12.0 Å². The Morgan fingerprint density at radius 2 is 1.92 bits per heavy atom. The van der Waals surface area contributed by atoms with Gasteiger partial charge in [-0.05, 0) is 5.41 Å². The van der Waals surface area contributed by atoms with Crippen LogP contribution in [0.25, 0.3) is 0 Å². The number of rotatable bonds is 4. The molecule has 0 atom stereocenters. The highest BCUT2D eigenvalue weighted by molar-refractivity contribution is 6.78. The van der Waals surface area contributed by atoms with E-state index >= 15 is 0 Å². The van der Waals surface area contributed by atoms with Crippen molar-refractivity contribution in [1.82, 2.24) is 5.32 Å². The number of carbonyl (C=O) groups is 1. The second kappa shape index (κ2) is 4.59. The zero-order valence-corrected chi connectivity index (χ0v) is 7.79. The lowest BCUT2D eigenvalue weighted by atomic mass is 9.84. The average Bonchev–Trinajstić information content (AvgIpc) is 1.84. The Kier molecular flexibility index (Phi) is 4.45. The van der Waals surface area contributed by atoms with Crippen molar-refractivity contribution < 1.29 is 14.8 Å². The van der Waals surface area contributed by atoms with Crippen LogP contribution in [-0.4, -0.2) is 35.9 Å². The lowest BCUT2D eigenvalue weighted by Crippen LogP contribution is -2.38. The summed E-state index contributed by atoms with van der Waals surface area (Å²) in [6, 6.07) is 0. The zero-order valence-electron chi connectivity index (χ0n) is 7.79. The van der Waals surface area contributed by atoms with Crippen LogP contribution in [0, 0.1) is 5.41 Å². The van der Waals surface area contributed by atoms with E-state index in [1.165, 1.54) is 0 Å². The predicted molar refractivity (Wildman–Crippen MR) is 47.5 cm³/mol. The van der Waals surface area contributed by atoms with Crippen LogP contribution in [0.5, 0.6) is 0 Å². The number of hydrogen-bond donors (Lipinski definition) is 3. The maximum Gasteiger partial charge on any atom is 0.528 e. The summed E-state index contributed by atoms with van der Waals surface area (Å²) in [5.41, 5.74) is -0.500. The minimum atomic E-state index is -1.85. The van der Waals surface area contributed by atoms with Crippen LogP contribution in [0.15, 0.2) is 0 Å². The molecule has 0 bridgehead atoms. The molecule has 0 aliphatic rings. The Morgan fingerprint density at radius 3 is 2.25 bits per heavy atom. The quantitative estimate of drug-likeness (QED) is 0.487. The SMILES string of the molecule is CC(C)(C)CNCC(=O)B(O)O. The molecule has 4 nitrogen and oxygen atoms in total. The molecule has 0 saturated heterocycles. The maximum atomic E-state index is 10.7. The molecule has 5 heteroatoms. The van der Waals surface area contributed by atoms with Crippen LogP contribution in [0.3, 0.4) is 0 Å². The third kappa shape index (κ3) is 6.33. The Balaban J connectivity index is 3.51. The van der Waals surface area contributed by atoms with Crippen LogP contribution in [-0.2, 0) is 4.79 Å². The minimum Gasteiger partial charge on any atom is -0.421 e. The van der Waals surface area contributed by atoms with E-state index in [4.69, 9.17) is 10.0 Å². The van der Waals surface area contributed by atoms with E-state index in [1.54, 1.807) is 0 Å². The molecular formula is C7H16BNO3. The van der Waals surface area contributed by atoms with E-state index in [2.05, 4.69) is 5.32 Å². The Hall–Kier alpha value is -0.385. The fourth-order valence-electron chi connectivity index (χ4n) is 0.652. The number of nitrogens with one attached hydrogen (secondary N) is 1. The Morgan fingerprint density at radius 1 is 1.42 bits per heavy atom. The third-order valence-electron chi connectivity index (χ3n) is 1.24. The van der Waals surface area contributed by atoms with Gasteiger partial charge in [0.25, 0.3) is 0 Å². The second-order valence-corrected chi connectivity index (χ2v) is 4.00. The fourth-order valence-corrected chi connectivity index (χ4v) is 0.652. The summed E-state index contributed by atoms with van der Waals surface area (Å²) in [6.07, 6.45) is 0. The molecule has 0 aromatic carbocycles. The van der Waals surface area contributed by atoms with E-state index in [0.29, 0.717) is 6.54 Å². The van der Waals surface area contributed by atoms with Gasteiger partial charge >= 0.3 is 7.12 Å². The van der Waals surface area contributed by atoms with Gasteiger partial charge in [0.1, 0.15) is 0 Å². The Labute approximate surface area is 73.1 Å². The fraction of sp³-hybridized carbons (Fsp3) is 0.857. The topological polar surface area (TPSA) is 69.6 Å². The summed E-state index contributed by atoms with van der Waals surface area (Å²) in [4.78, 5) is 10.7.